The molecule has 0 fully saturated rings. The molecule has 0 aromatic heterocycles. The maximum absolute atomic E-state index is 12.2. The summed E-state index contributed by atoms with van der Waals surface area (Å²) in [6.45, 7) is 3.36. The van der Waals surface area contributed by atoms with E-state index in [0.29, 0.717) is 5.69 Å². The molecule has 0 aliphatic rings. The summed E-state index contributed by atoms with van der Waals surface area (Å²) in [6, 6.07) is 6.71. The Balaban J connectivity index is 2.74. The minimum atomic E-state index is -3.17. The lowest BCUT2D eigenvalue weighted by atomic mass is 10.1. The lowest BCUT2D eigenvalue weighted by Crippen LogP contribution is -2.45. The van der Waals surface area contributed by atoms with Gasteiger partial charge in [-0.15, -0.1) is 0 Å². The topological polar surface area (TPSA) is 80.5 Å². The first-order valence-electron chi connectivity index (χ1n) is 6.42. The third-order valence-corrected chi connectivity index (χ3v) is 5.44. The van der Waals surface area contributed by atoms with Crippen LogP contribution >= 0.6 is 0 Å². The normalized spacial score (nSPS) is 14.6. The van der Waals surface area contributed by atoms with E-state index in [2.05, 4.69) is 0 Å². The van der Waals surface area contributed by atoms with Crippen molar-refractivity contribution in [1.82, 2.24) is 4.90 Å². The Bertz CT molecular complexity index is 567. The Kier molecular flexibility index (Phi) is 5.16. The number of likely N-dealkylation sites (N-methyl/N-ethyl adjacent to an activating group) is 1. The summed E-state index contributed by atoms with van der Waals surface area (Å²) in [7, 11) is -1.54. The van der Waals surface area contributed by atoms with Gasteiger partial charge in [-0.2, -0.15) is 0 Å². The number of carbonyl (C=O) groups excluding carboxylic acids is 1. The van der Waals surface area contributed by atoms with Gasteiger partial charge in [-0.05, 0) is 31.5 Å². The van der Waals surface area contributed by atoms with Crippen LogP contribution in [-0.4, -0.2) is 43.8 Å². The molecule has 0 aliphatic heterocycles. The van der Waals surface area contributed by atoms with Gasteiger partial charge in [-0.3, -0.25) is 4.79 Å². The second-order valence-electron chi connectivity index (χ2n) is 5.20. The fraction of sp³-hybridized carbons (Fsp3) is 0.500. The monoisotopic (exact) mass is 298 g/mol. The molecular weight excluding hydrogens is 276 g/mol. The molecule has 5 nitrogen and oxygen atoms in total. The molecule has 0 bridgehead atoms. The van der Waals surface area contributed by atoms with Crippen LogP contribution < -0.4 is 5.73 Å². The molecular formula is C14H22N2O3S. The third-order valence-electron chi connectivity index (χ3n) is 3.69. The van der Waals surface area contributed by atoms with Crippen LogP contribution in [0.25, 0.3) is 0 Å². The summed E-state index contributed by atoms with van der Waals surface area (Å²) in [6.07, 6.45) is 1.42. The second kappa shape index (κ2) is 6.26. The van der Waals surface area contributed by atoms with E-state index in [-0.39, 0.29) is 18.4 Å². The van der Waals surface area contributed by atoms with Gasteiger partial charge >= 0.3 is 0 Å². The van der Waals surface area contributed by atoms with Crippen LogP contribution in [0.5, 0.6) is 0 Å². The van der Waals surface area contributed by atoms with E-state index >= 15 is 0 Å². The summed E-state index contributed by atoms with van der Waals surface area (Å²) in [5.74, 6) is -0.113. The zero-order chi connectivity index (χ0) is 15.5. The van der Waals surface area contributed by atoms with Crippen molar-refractivity contribution in [2.45, 2.75) is 31.6 Å². The number of benzene rings is 1. The highest BCUT2D eigenvalue weighted by Crippen LogP contribution is 2.13. The summed E-state index contributed by atoms with van der Waals surface area (Å²) in [5.41, 5.74) is 7.09. The first kappa shape index (κ1) is 16.5. The molecule has 0 unspecified atom stereocenters. The number of anilines is 1. The predicted octanol–water partition coefficient (Wildman–Crippen LogP) is 1.09. The smallest absolute Gasteiger partial charge is 0.227 e. The molecule has 0 saturated heterocycles. The van der Waals surface area contributed by atoms with E-state index in [0.717, 1.165) is 5.56 Å². The average molecular weight is 298 g/mol. The quantitative estimate of drug-likeness (QED) is 0.825. The molecule has 1 rings (SSSR count). The summed E-state index contributed by atoms with van der Waals surface area (Å²) in [5, 5.41) is -0.595. The van der Waals surface area contributed by atoms with Crippen molar-refractivity contribution < 1.29 is 13.2 Å². The van der Waals surface area contributed by atoms with Crippen molar-refractivity contribution in [2.75, 3.05) is 19.0 Å². The highest BCUT2D eigenvalue weighted by molar-refractivity contribution is 7.91. The van der Waals surface area contributed by atoms with Gasteiger partial charge in [-0.25, -0.2) is 8.42 Å². The average Bonchev–Trinajstić information content (AvgIpc) is 2.37. The van der Waals surface area contributed by atoms with Crippen molar-refractivity contribution in [3.05, 3.63) is 29.8 Å². The Morgan fingerprint density at radius 2 is 1.75 bits per heavy atom. The number of nitrogen functional groups attached to an aromatic ring is 1. The fourth-order valence-corrected chi connectivity index (χ4v) is 2.73. The Labute approximate surface area is 120 Å². The summed E-state index contributed by atoms with van der Waals surface area (Å²) >= 11 is 0. The molecule has 0 radical (unpaired) electrons. The van der Waals surface area contributed by atoms with E-state index in [1.54, 1.807) is 45.2 Å². The van der Waals surface area contributed by atoms with Gasteiger partial charge in [0, 0.05) is 25.0 Å². The Morgan fingerprint density at radius 3 is 2.20 bits per heavy atom. The van der Waals surface area contributed by atoms with Gasteiger partial charge in [0.05, 0.1) is 11.7 Å². The number of nitrogens with zero attached hydrogens (tertiary/aromatic N) is 1. The molecule has 1 aromatic rings. The van der Waals surface area contributed by atoms with Crippen LogP contribution in [-0.2, 0) is 21.1 Å². The van der Waals surface area contributed by atoms with Gasteiger partial charge in [0.25, 0.3) is 0 Å². The molecule has 2 N–H and O–H groups in total. The maximum Gasteiger partial charge on any atom is 0.227 e. The van der Waals surface area contributed by atoms with Crippen LogP contribution in [0.1, 0.15) is 19.4 Å². The van der Waals surface area contributed by atoms with Crippen LogP contribution in [0.3, 0.4) is 0 Å². The fourth-order valence-electron chi connectivity index (χ4n) is 1.83. The van der Waals surface area contributed by atoms with E-state index in [1.807, 2.05) is 0 Å². The zero-order valence-electron chi connectivity index (χ0n) is 12.3. The van der Waals surface area contributed by atoms with Gasteiger partial charge in [0.15, 0.2) is 9.84 Å². The number of hydrogen-bond donors (Lipinski definition) is 1. The summed E-state index contributed by atoms with van der Waals surface area (Å²) < 4.78 is 23.1. The molecule has 2 atom stereocenters. The summed E-state index contributed by atoms with van der Waals surface area (Å²) in [4.78, 5) is 13.7. The molecule has 0 heterocycles. The van der Waals surface area contributed by atoms with Crippen LogP contribution in [0, 0.1) is 0 Å². The van der Waals surface area contributed by atoms with Gasteiger partial charge in [0.2, 0.25) is 5.91 Å². The SMILES string of the molecule is C[C@H]([C@H](C)S(C)(=O)=O)N(C)C(=O)Cc1ccc(N)cc1. The largest absolute Gasteiger partial charge is 0.399 e. The van der Waals surface area contributed by atoms with Crippen LogP contribution in [0.15, 0.2) is 24.3 Å². The van der Waals surface area contributed by atoms with Gasteiger partial charge in [-0.1, -0.05) is 12.1 Å². The number of nitrogens with two attached hydrogens (primary N) is 1. The Hall–Kier alpha value is -1.56. The van der Waals surface area contributed by atoms with Crippen molar-refractivity contribution >= 4 is 21.4 Å². The van der Waals surface area contributed by atoms with Crippen molar-refractivity contribution in [2.24, 2.45) is 0 Å². The second-order valence-corrected chi connectivity index (χ2v) is 7.60. The van der Waals surface area contributed by atoms with Crippen molar-refractivity contribution in [3.63, 3.8) is 0 Å². The minimum Gasteiger partial charge on any atom is -0.399 e. The van der Waals surface area contributed by atoms with Crippen LogP contribution in [0.4, 0.5) is 5.69 Å². The molecule has 0 saturated carbocycles. The maximum atomic E-state index is 12.2. The highest BCUT2D eigenvalue weighted by Gasteiger charge is 2.27. The minimum absolute atomic E-state index is 0.113. The van der Waals surface area contributed by atoms with E-state index in [1.165, 1.54) is 11.2 Å². The molecule has 0 spiro atoms. The van der Waals surface area contributed by atoms with Crippen molar-refractivity contribution in [1.29, 1.82) is 0 Å². The molecule has 1 aromatic carbocycles. The molecule has 6 heteroatoms. The number of amides is 1. The van der Waals surface area contributed by atoms with Crippen LogP contribution in [0.2, 0.25) is 0 Å². The number of hydrogen-bond acceptors (Lipinski definition) is 4. The molecule has 1 amide bonds. The first-order chi connectivity index (χ1) is 9.12. The number of rotatable bonds is 5. The van der Waals surface area contributed by atoms with E-state index in [9.17, 15) is 13.2 Å². The Morgan fingerprint density at radius 1 is 1.25 bits per heavy atom. The molecule has 20 heavy (non-hydrogen) atoms. The third kappa shape index (κ3) is 4.23. The molecule has 112 valence electrons. The highest BCUT2D eigenvalue weighted by atomic mass is 32.2. The van der Waals surface area contributed by atoms with Gasteiger partial charge < -0.3 is 10.6 Å². The zero-order valence-corrected chi connectivity index (χ0v) is 13.1. The van der Waals surface area contributed by atoms with Crippen molar-refractivity contribution in [3.8, 4) is 0 Å². The lowest BCUT2D eigenvalue weighted by Gasteiger charge is -2.29. The van der Waals surface area contributed by atoms with Gasteiger partial charge in [0.1, 0.15) is 0 Å². The first-order valence-corrected chi connectivity index (χ1v) is 8.37. The standard InChI is InChI=1S/C14H22N2O3S/c1-10(11(2)20(4,18)19)16(3)14(17)9-12-5-7-13(15)8-6-12/h5-8,10-11H,9,15H2,1-4H3/t10-,11+/m1/s1. The number of carbonyl (C=O) groups is 1. The predicted molar refractivity (Wildman–Crippen MR) is 81.1 cm³/mol. The van der Waals surface area contributed by atoms with E-state index < -0.39 is 15.1 Å². The molecule has 0 aliphatic carbocycles. The lowest BCUT2D eigenvalue weighted by molar-refractivity contribution is -0.130. The van der Waals surface area contributed by atoms with E-state index in [4.69, 9.17) is 5.73 Å². The number of sulfone groups is 1.